The molecule has 0 unspecified atom stereocenters. The summed E-state index contributed by atoms with van der Waals surface area (Å²) in [6.07, 6.45) is 7.60. The Morgan fingerprint density at radius 1 is 0.714 bits per heavy atom. The van der Waals surface area contributed by atoms with Crippen molar-refractivity contribution >= 4 is 11.4 Å². The van der Waals surface area contributed by atoms with Gasteiger partial charge in [-0.3, -0.25) is 0 Å². The molecular weight excluding hydrogens is 256 g/mol. The molecule has 2 aromatic carbocycles. The van der Waals surface area contributed by atoms with Gasteiger partial charge in [0, 0.05) is 0 Å². The Bertz CT molecular complexity index is 565. The summed E-state index contributed by atoms with van der Waals surface area (Å²) in [6, 6.07) is 16.4. The van der Waals surface area contributed by atoms with Gasteiger partial charge in [0.15, 0.2) is 0 Å². The second kappa shape index (κ2) is 6.43. The van der Waals surface area contributed by atoms with Crippen LogP contribution in [0.3, 0.4) is 0 Å². The zero-order chi connectivity index (χ0) is 15.4. The third-order valence-corrected chi connectivity index (χ3v) is 3.47. The molecule has 2 aromatic rings. The number of nitrogens with zero attached hydrogens (tertiary/aromatic N) is 2. The van der Waals surface area contributed by atoms with Crippen LogP contribution in [-0.4, -0.2) is 28.2 Å². The van der Waals surface area contributed by atoms with Crippen LogP contribution in [0.4, 0.5) is 11.4 Å². The minimum atomic E-state index is 0.811. The van der Waals surface area contributed by atoms with Crippen LogP contribution >= 0.6 is 0 Å². The Morgan fingerprint density at radius 3 is 1.29 bits per heavy atom. The van der Waals surface area contributed by atoms with Crippen molar-refractivity contribution in [2.75, 3.05) is 38.0 Å². The molecule has 0 aliphatic heterocycles. The first-order valence-corrected chi connectivity index (χ1v) is 6.88. The molecule has 2 rings (SSSR count). The number of anilines is 2. The molecule has 0 aliphatic carbocycles. The maximum atomic E-state index is 7.60. The molecule has 0 N–H and O–H groups in total. The molecule has 0 heterocycles. The van der Waals surface area contributed by atoms with Gasteiger partial charge in [0.05, 0.1) is 0 Å². The van der Waals surface area contributed by atoms with Crippen LogP contribution < -0.4 is 9.80 Å². The van der Waals surface area contributed by atoms with Crippen molar-refractivity contribution in [3.8, 4) is 5.92 Å². The number of hydrogen-bond acceptors (Lipinski definition) is 2. The van der Waals surface area contributed by atoms with Gasteiger partial charge in [0.2, 0.25) is 0 Å². The zero-order valence-corrected chi connectivity index (χ0v) is 13.0. The minimum absolute atomic E-state index is 0.811. The summed E-state index contributed by atoms with van der Waals surface area (Å²) < 4.78 is 0. The van der Waals surface area contributed by atoms with E-state index in [0.717, 1.165) is 28.4 Å². The normalized spacial score (nSPS) is 10.0. The summed E-state index contributed by atoms with van der Waals surface area (Å²) in [7, 11) is 8.06. The third kappa shape index (κ3) is 3.42. The maximum absolute atomic E-state index is 7.60. The fourth-order valence-electron chi connectivity index (χ4n) is 2.16. The molecule has 0 saturated carbocycles. The molecule has 0 aromatic heterocycles. The number of hydrogen-bond donors (Lipinski definition) is 0. The molecule has 0 spiro atoms. The summed E-state index contributed by atoms with van der Waals surface area (Å²) >= 11 is 0. The summed E-state index contributed by atoms with van der Waals surface area (Å²) in [5, 5.41) is 0. The fraction of sp³-hybridized carbons (Fsp3) is 0.211. The summed E-state index contributed by atoms with van der Waals surface area (Å²) in [5.41, 5.74) is 4.30. The van der Waals surface area contributed by atoms with Crippen molar-refractivity contribution in [1.82, 2.24) is 0 Å². The van der Waals surface area contributed by atoms with Gasteiger partial charge in [-0.05, 0) is 0 Å². The molecule has 0 fully saturated rings. The van der Waals surface area contributed by atoms with Crippen molar-refractivity contribution in [1.29, 1.82) is 0 Å². The topological polar surface area (TPSA) is 6.48 Å². The SMILES string of the molecule is [C+]#C[C-](c1ccc(N(C)C)cc1)c1ccc(N(C)C)cc1. The van der Waals surface area contributed by atoms with Crippen LogP contribution in [0.5, 0.6) is 0 Å². The van der Waals surface area contributed by atoms with Gasteiger partial charge < -0.3 is 0 Å². The molecule has 0 aliphatic rings. The average Bonchev–Trinajstić information content (AvgIpc) is 2.49. The van der Waals surface area contributed by atoms with Crippen LogP contribution in [0.15, 0.2) is 48.5 Å². The average molecular weight is 276 g/mol. The van der Waals surface area contributed by atoms with E-state index in [0.29, 0.717) is 0 Å². The first-order valence-electron chi connectivity index (χ1n) is 6.88. The first kappa shape index (κ1) is 15.1. The number of benzene rings is 2. The molecule has 106 valence electrons. The van der Waals surface area contributed by atoms with Crippen LogP contribution in [0.25, 0.3) is 0 Å². The summed E-state index contributed by atoms with van der Waals surface area (Å²) in [6.45, 7) is 0. The second-order valence-corrected chi connectivity index (χ2v) is 5.38. The fourth-order valence-corrected chi connectivity index (χ4v) is 2.16. The van der Waals surface area contributed by atoms with Crippen LogP contribution in [0.1, 0.15) is 11.1 Å². The standard InChI is InChI=1S/C19H20N2/c1-6-19(15-7-11-17(12-8-15)20(2)3)16-9-13-18(14-10-16)21(4)5/h7-14H,2-5H3. The van der Waals surface area contributed by atoms with Crippen molar-refractivity contribution < 1.29 is 0 Å². The van der Waals surface area contributed by atoms with Crippen LogP contribution in [0.2, 0.25) is 0 Å². The molecule has 0 radical (unpaired) electrons. The van der Waals surface area contributed by atoms with Gasteiger partial charge in [0.1, 0.15) is 0 Å². The second-order valence-electron chi connectivity index (χ2n) is 5.38. The van der Waals surface area contributed by atoms with Crippen molar-refractivity contribution in [3.05, 3.63) is 72.0 Å². The van der Waals surface area contributed by atoms with E-state index in [9.17, 15) is 0 Å². The molecule has 21 heavy (non-hydrogen) atoms. The first-order chi connectivity index (χ1) is 10.0. The van der Waals surface area contributed by atoms with E-state index in [4.69, 9.17) is 6.42 Å². The monoisotopic (exact) mass is 276 g/mol. The summed E-state index contributed by atoms with van der Waals surface area (Å²) in [4.78, 5) is 4.12. The van der Waals surface area contributed by atoms with Gasteiger partial charge in [0.25, 0.3) is 0 Å². The quantitative estimate of drug-likeness (QED) is 0.624. The van der Waals surface area contributed by atoms with Gasteiger partial charge in [-0.15, -0.1) is 0 Å². The molecule has 0 saturated heterocycles. The van der Waals surface area contributed by atoms with Crippen LogP contribution in [0, 0.1) is 18.3 Å². The van der Waals surface area contributed by atoms with E-state index < -0.39 is 0 Å². The van der Waals surface area contributed by atoms with Gasteiger partial charge in [-0.25, -0.2) is 0 Å². The zero-order valence-electron chi connectivity index (χ0n) is 13.0. The van der Waals surface area contributed by atoms with E-state index in [1.54, 1.807) is 0 Å². The predicted octanol–water partition coefficient (Wildman–Crippen LogP) is 3.38. The van der Waals surface area contributed by atoms with Gasteiger partial charge in [-0.2, -0.15) is 0 Å². The summed E-state index contributed by atoms with van der Waals surface area (Å²) in [5.74, 6) is 3.38. The van der Waals surface area contributed by atoms with Crippen molar-refractivity contribution in [2.24, 2.45) is 0 Å². The molecule has 0 amide bonds. The third-order valence-electron chi connectivity index (χ3n) is 3.47. The molecule has 0 atom stereocenters. The molecular formula is C19H20N2. The Balaban J connectivity index is 2.29. The van der Waals surface area contributed by atoms with E-state index in [1.807, 2.05) is 52.5 Å². The van der Waals surface area contributed by atoms with Crippen molar-refractivity contribution in [2.45, 2.75) is 0 Å². The Hall–Kier alpha value is -2.31. The number of rotatable bonds is 4. The Kier molecular flexibility index (Phi) is 4.62. The van der Waals surface area contributed by atoms with Gasteiger partial charge >= 0.3 is 127 Å². The van der Waals surface area contributed by atoms with E-state index in [2.05, 4.69) is 40.0 Å². The molecule has 2 heteroatoms. The van der Waals surface area contributed by atoms with Gasteiger partial charge in [-0.1, -0.05) is 0 Å². The molecule has 2 nitrogen and oxygen atoms in total. The van der Waals surface area contributed by atoms with E-state index in [-0.39, 0.29) is 0 Å². The van der Waals surface area contributed by atoms with Crippen LogP contribution in [-0.2, 0) is 0 Å². The van der Waals surface area contributed by atoms with E-state index >= 15 is 0 Å². The van der Waals surface area contributed by atoms with E-state index in [1.165, 1.54) is 0 Å². The predicted molar refractivity (Wildman–Crippen MR) is 90.1 cm³/mol. The Morgan fingerprint density at radius 2 is 1.05 bits per heavy atom. The van der Waals surface area contributed by atoms with Crippen molar-refractivity contribution in [3.63, 3.8) is 0 Å². The molecule has 0 bridgehead atoms. The Labute approximate surface area is 128 Å².